The number of sulfonamides is 1. The zero-order chi connectivity index (χ0) is 17.7. The lowest BCUT2D eigenvalue weighted by atomic mass is 10.1. The van der Waals surface area contributed by atoms with Gasteiger partial charge in [-0.05, 0) is 49.9 Å². The maximum atomic E-state index is 13.0. The molecule has 0 radical (unpaired) electrons. The number of rotatable bonds is 6. The zero-order valence-electron chi connectivity index (χ0n) is 14.8. The standard InChI is InChI=1S/C17H27N3O3S.ClH/c1-13-6-7-16(11-14(13)2)24(22,23)20-10-4-3-5-15(20)12-19-17(21)8-9-18;/h6-7,11,15H,3-5,8-10,12,18H2,1-2H3,(H,19,21);1H. The van der Waals surface area contributed by atoms with Crippen molar-refractivity contribution in [2.45, 2.75) is 50.5 Å². The lowest BCUT2D eigenvalue weighted by molar-refractivity contribution is -0.121. The molecule has 1 aromatic rings. The summed E-state index contributed by atoms with van der Waals surface area (Å²) in [5.41, 5.74) is 7.40. The van der Waals surface area contributed by atoms with Crippen LogP contribution in [0.2, 0.25) is 0 Å². The van der Waals surface area contributed by atoms with Gasteiger partial charge in [-0.3, -0.25) is 4.79 Å². The zero-order valence-corrected chi connectivity index (χ0v) is 16.5. The average Bonchev–Trinajstić information content (AvgIpc) is 2.56. The van der Waals surface area contributed by atoms with Crippen molar-refractivity contribution in [2.24, 2.45) is 5.73 Å². The summed E-state index contributed by atoms with van der Waals surface area (Å²) >= 11 is 0. The Morgan fingerprint density at radius 2 is 2.00 bits per heavy atom. The molecule has 1 unspecified atom stereocenters. The molecular formula is C17H28ClN3O3S. The highest BCUT2D eigenvalue weighted by atomic mass is 35.5. The van der Waals surface area contributed by atoms with Crippen molar-refractivity contribution in [1.29, 1.82) is 0 Å². The van der Waals surface area contributed by atoms with Gasteiger partial charge in [0.15, 0.2) is 0 Å². The topological polar surface area (TPSA) is 92.5 Å². The number of halogens is 1. The fourth-order valence-corrected chi connectivity index (χ4v) is 4.73. The van der Waals surface area contributed by atoms with E-state index >= 15 is 0 Å². The molecule has 2 rings (SSSR count). The molecule has 6 nitrogen and oxygen atoms in total. The Bertz CT molecular complexity index is 694. The second-order valence-corrected chi connectivity index (χ2v) is 8.24. The van der Waals surface area contributed by atoms with Gasteiger partial charge < -0.3 is 11.1 Å². The highest BCUT2D eigenvalue weighted by Gasteiger charge is 2.33. The lowest BCUT2D eigenvalue weighted by Gasteiger charge is -2.34. The predicted molar refractivity (Wildman–Crippen MR) is 101 cm³/mol. The second kappa shape index (κ2) is 9.52. The third-order valence-electron chi connectivity index (χ3n) is 4.56. The minimum Gasteiger partial charge on any atom is -0.354 e. The molecule has 1 aliphatic rings. The van der Waals surface area contributed by atoms with E-state index in [0.29, 0.717) is 24.5 Å². The number of hydrogen-bond acceptors (Lipinski definition) is 4. The number of piperidine rings is 1. The Kier molecular flexibility index (Phi) is 8.34. The SMILES string of the molecule is Cc1ccc(S(=O)(=O)N2CCCCC2CNC(=O)CCN)cc1C.Cl. The van der Waals surface area contributed by atoms with Crippen LogP contribution in [0.25, 0.3) is 0 Å². The fourth-order valence-electron chi connectivity index (χ4n) is 2.96. The van der Waals surface area contributed by atoms with E-state index in [2.05, 4.69) is 5.32 Å². The van der Waals surface area contributed by atoms with E-state index in [1.54, 1.807) is 16.4 Å². The van der Waals surface area contributed by atoms with Crippen LogP contribution in [0.5, 0.6) is 0 Å². The van der Waals surface area contributed by atoms with Crippen molar-refractivity contribution in [3.63, 3.8) is 0 Å². The molecule has 0 aromatic heterocycles. The van der Waals surface area contributed by atoms with Gasteiger partial charge in [-0.1, -0.05) is 12.5 Å². The van der Waals surface area contributed by atoms with Crippen LogP contribution in [-0.2, 0) is 14.8 Å². The second-order valence-electron chi connectivity index (χ2n) is 6.35. The number of nitrogens with zero attached hydrogens (tertiary/aromatic N) is 1. The van der Waals surface area contributed by atoms with E-state index < -0.39 is 10.0 Å². The first-order chi connectivity index (χ1) is 11.4. The van der Waals surface area contributed by atoms with Crippen molar-refractivity contribution < 1.29 is 13.2 Å². The third-order valence-corrected chi connectivity index (χ3v) is 6.51. The van der Waals surface area contributed by atoms with Crippen molar-refractivity contribution >= 4 is 28.3 Å². The summed E-state index contributed by atoms with van der Waals surface area (Å²) in [6.45, 7) is 4.99. The van der Waals surface area contributed by atoms with Gasteiger partial charge in [0.2, 0.25) is 15.9 Å². The minimum absolute atomic E-state index is 0. The van der Waals surface area contributed by atoms with Gasteiger partial charge in [0.25, 0.3) is 0 Å². The number of amides is 1. The molecule has 1 atom stereocenters. The molecule has 3 N–H and O–H groups in total. The molecular weight excluding hydrogens is 362 g/mol. The lowest BCUT2D eigenvalue weighted by Crippen LogP contribution is -2.49. The van der Waals surface area contributed by atoms with Gasteiger partial charge in [0, 0.05) is 32.1 Å². The van der Waals surface area contributed by atoms with Crippen LogP contribution in [0.1, 0.15) is 36.8 Å². The Balaban J connectivity index is 0.00000312. The first-order valence-electron chi connectivity index (χ1n) is 8.42. The highest BCUT2D eigenvalue weighted by molar-refractivity contribution is 7.89. The van der Waals surface area contributed by atoms with Crippen molar-refractivity contribution in [3.8, 4) is 0 Å². The summed E-state index contributed by atoms with van der Waals surface area (Å²) in [7, 11) is -3.55. The molecule has 1 saturated heterocycles. The predicted octanol–water partition coefficient (Wildman–Crippen LogP) is 1.73. The molecule has 0 spiro atoms. The van der Waals surface area contributed by atoms with Crippen LogP contribution in [0.4, 0.5) is 0 Å². The molecule has 1 fully saturated rings. The van der Waals surface area contributed by atoms with E-state index in [0.717, 1.165) is 30.4 Å². The summed E-state index contributed by atoms with van der Waals surface area (Å²) in [6, 6.07) is 5.02. The molecule has 8 heteroatoms. The molecule has 1 amide bonds. The smallest absolute Gasteiger partial charge is 0.243 e. The van der Waals surface area contributed by atoms with Crippen molar-refractivity contribution in [1.82, 2.24) is 9.62 Å². The molecule has 0 saturated carbocycles. The van der Waals surface area contributed by atoms with E-state index in [4.69, 9.17) is 5.73 Å². The molecule has 25 heavy (non-hydrogen) atoms. The number of aryl methyl sites for hydroxylation is 2. The summed E-state index contributed by atoms with van der Waals surface area (Å²) in [4.78, 5) is 12.0. The normalized spacial score (nSPS) is 18.4. The molecule has 1 aliphatic heterocycles. The number of carbonyl (C=O) groups is 1. The van der Waals surface area contributed by atoms with Crippen LogP contribution in [0, 0.1) is 13.8 Å². The van der Waals surface area contributed by atoms with Crippen LogP contribution < -0.4 is 11.1 Å². The van der Waals surface area contributed by atoms with Crippen molar-refractivity contribution in [2.75, 3.05) is 19.6 Å². The van der Waals surface area contributed by atoms with Crippen LogP contribution in [0.15, 0.2) is 23.1 Å². The molecule has 1 aromatic carbocycles. The Hall–Kier alpha value is -1.15. The minimum atomic E-state index is -3.55. The molecule has 1 heterocycles. The highest BCUT2D eigenvalue weighted by Crippen LogP contribution is 2.26. The number of nitrogens with two attached hydrogens (primary N) is 1. The van der Waals surface area contributed by atoms with Gasteiger partial charge in [-0.25, -0.2) is 8.42 Å². The average molecular weight is 390 g/mol. The van der Waals surface area contributed by atoms with E-state index in [1.807, 2.05) is 19.9 Å². The van der Waals surface area contributed by atoms with Gasteiger partial charge >= 0.3 is 0 Å². The first-order valence-corrected chi connectivity index (χ1v) is 9.86. The quantitative estimate of drug-likeness (QED) is 0.774. The number of carbonyl (C=O) groups excluding carboxylic acids is 1. The summed E-state index contributed by atoms with van der Waals surface area (Å²) < 4.78 is 27.6. The van der Waals surface area contributed by atoms with E-state index in [-0.39, 0.29) is 30.8 Å². The fraction of sp³-hybridized carbons (Fsp3) is 0.588. The Labute approximate surface area is 156 Å². The van der Waals surface area contributed by atoms with Crippen molar-refractivity contribution in [3.05, 3.63) is 29.3 Å². The van der Waals surface area contributed by atoms with Gasteiger partial charge in [0.05, 0.1) is 4.90 Å². The van der Waals surface area contributed by atoms with Gasteiger partial charge in [-0.2, -0.15) is 4.31 Å². The number of nitrogens with one attached hydrogen (secondary N) is 1. The largest absolute Gasteiger partial charge is 0.354 e. The van der Waals surface area contributed by atoms with Gasteiger partial charge in [-0.15, -0.1) is 12.4 Å². The maximum Gasteiger partial charge on any atom is 0.243 e. The third kappa shape index (κ3) is 5.41. The van der Waals surface area contributed by atoms with Gasteiger partial charge in [0.1, 0.15) is 0 Å². The van der Waals surface area contributed by atoms with Crippen LogP contribution in [0.3, 0.4) is 0 Å². The molecule has 0 aliphatic carbocycles. The Morgan fingerprint density at radius 1 is 1.28 bits per heavy atom. The van der Waals surface area contributed by atoms with Crippen LogP contribution >= 0.6 is 12.4 Å². The molecule has 142 valence electrons. The molecule has 0 bridgehead atoms. The first kappa shape index (κ1) is 21.9. The Morgan fingerprint density at radius 3 is 2.64 bits per heavy atom. The van der Waals surface area contributed by atoms with E-state index in [9.17, 15) is 13.2 Å². The maximum absolute atomic E-state index is 13.0. The monoisotopic (exact) mass is 389 g/mol. The number of benzene rings is 1. The van der Waals surface area contributed by atoms with E-state index in [1.165, 1.54) is 0 Å². The summed E-state index contributed by atoms with van der Waals surface area (Å²) in [6.07, 6.45) is 2.83. The summed E-state index contributed by atoms with van der Waals surface area (Å²) in [5.74, 6) is -0.133. The van der Waals surface area contributed by atoms with Crippen LogP contribution in [-0.4, -0.2) is 44.3 Å². The summed E-state index contributed by atoms with van der Waals surface area (Å²) in [5, 5.41) is 2.80. The number of hydrogen-bond donors (Lipinski definition) is 2.